The maximum absolute atomic E-state index is 16.8. The lowest BCUT2D eigenvalue weighted by molar-refractivity contribution is -0.254. The number of halogens is 6. The smallest absolute Gasteiger partial charge is 0.380 e. The topological polar surface area (TPSA) is 176 Å². The number of nitrogens with zero attached hydrogens (tertiary/aromatic N) is 8. The number of ketones is 2. The number of aryl methyl sites for hydroxylation is 2. The number of methoxy groups -OCH3 is 4. The number of thiophene rings is 2. The minimum atomic E-state index is -5.91. The maximum Gasteiger partial charge on any atom is 0.380 e. The van der Waals surface area contributed by atoms with Gasteiger partial charge in [0.1, 0.15) is 0 Å². The number of carbonyl (C=O) groups excluding carboxylic acids is 2. The molecule has 8 heterocycles. The third kappa shape index (κ3) is 8.85. The molecule has 16 nitrogen and oxygen atoms in total. The second-order valence-corrected chi connectivity index (χ2v) is 26.4. The number of benzene rings is 4. The van der Waals surface area contributed by atoms with E-state index in [1.807, 2.05) is 27.7 Å². The number of alkyl halides is 6. The molecule has 0 radical (unpaired) electrons. The highest BCUT2D eigenvalue weighted by atomic mass is 32.1. The summed E-state index contributed by atoms with van der Waals surface area (Å²) in [5.41, 5.74) is -0.419. The second kappa shape index (κ2) is 21.2. The summed E-state index contributed by atoms with van der Waals surface area (Å²) in [4.78, 5) is 65.6. The van der Waals surface area contributed by atoms with Crippen LogP contribution in [0.2, 0.25) is 0 Å². The number of ether oxygens (including phenoxy) is 4. The first-order valence-electron chi connectivity index (χ1n) is 27.6. The Morgan fingerprint density at radius 2 is 0.876 bits per heavy atom. The van der Waals surface area contributed by atoms with E-state index >= 15 is 26.3 Å². The number of carbonyl (C=O) groups is 2. The molecular formula is C63H50F6N8O8S4. The summed E-state index contributed by atoms with van der Waals surface area (Å²) in [7, 11) is 6.01. The molecule has 0 aliphatic heterocycles. The summed E-state index contributed by atoms with van der Waals surface area (Å²) in [6.45, 7) is 9.31. The Labute approximate surface area is 516 Å². The summed E-state index contributed by atoms with van der Waals surface area (Å²) in [6, 6.07) is 18.1. The molecule has 0 saturated heterocycles. The number of Topliss-reactive ketones (excluding diaryl/α,β-unsaturated/α-hetero) is 2. The second-order valence-electron chi connectivity index (χ2n) is 22.0. The molecule has 456 valence electrons. The molecule has 12 aromatic rings. The molecule has 0 saturated carbocycles. The Balaban J connectivity index is 0.869. The molecule has 0 unspecified atom stereocenters. The predicted octanol–water partition coefficient (Wildman–Crippen LogP) is 15.1. The van der Waals surface area contributed by atoms with E-state index in [4.69, 9.17) is 28.9 Å². The van der Waals surface area contributed by atoms with Crippen LogP contribution in [0.25, 0.3) is 96.3 Å². The van der Waals surface area contributed by atoms with E-state index in [-0.39, 0.29) is 64.4 Å². The number of fused-ring (bicyclic) bond motifs is 6. The van der Waals surface area contributed by atoms with E-state index < -0.39 is 74.4 Å². The number of hydrogen-bond donors (Lipinski definition) is 0. The molecule has 26 heteroatoms. The number of rotatable bonds is 16. The van der Waals surface area contributed by atoms with Crippen LogP contribution < -0.4 is 28.7 Å². The van der Waals surface area contributed by atoms with E-state index in [0.29, 0.717) is 76.7 Å². The van der Waals surface area contributed by atoms with Crippen molar-refractivity contribution in [2.45, 2.75) is 84.5 Å². The molecule has 1 aliphatic rings. The van der Waals surface area contributed by atoms with Gasteiger partial charge in [-0.1, -0.05) is 59.1 Å². The van der Waals surface area contributed by atoms with Gasteiger partial charge in [0, 0.05) is 97.3 Å². The normalized spacial score (nSPS) is 14.8. The van der Waals surface area contributed by atoms with Gasteiger partial charge in [-0.15, -0.1) is 22.7 Å². The van der Waals surface area contributed by atoms with Gasteiger partial charge in [0.05, 0.1) is 63.3 Å². The molecule has 0 amide bonds. The monoisotopic (exact) mass is 1290 g/mol. The van der Waals surface area contributed by atoms with E-state index in [1.165, 1.54) is 87.8 Å². The molecule has 13 rings (SSSR count). The van der Waals surface area contributed by atoms with Gasteiger partial charge in [0.2, 0.25) is 0 Å². The molecule has 0 spiro atoms. The number of aromatic nitrogens is 8. The van der Waals surface area contributed by atoms with Crippen LogP contribution in [0.5, 0.6) is 23.0 Å². The fraction of sp³-hybridized carbons (Fsp3) is 0.270. The fourth-order valence-corrected chi connectivity index (χ4v) is 16.2. The van der Waals surface area contributed by atoms with Gasteiger partial charge < -0.3 is 18.9 Å². The SMILES string of the molecule is COc1ccc(-c2c3cnn(C(C)C)c3nc3c2sc(=O)n3CC(=O)c2ccc3c(C4=C(c5c(C)sc6cc(C(=O)Cn7c(=O)sc8c(-c9ccc(OC)c(OC)c9)c9cnn(C(C)C)c9nc87)ccc56)C(F)(F)C(F)(F)C4(F)F)c(C)sc3c2)cc1OC. The van der Waals surface area contributed by atoms with E-state index in [2.05, 4.69) is 10.2 Å². The van der Waals surface area contributed by atoms with Gasteiger partial charge >= 0.3 is 27.5 Å². The van der Waals surface area contributed by atoms with Crippen molar-refractivity contribution in [3.05, 3.63) is 137 Å². The number of thiazole rings is 2. The maximum atomic E-state index is 16.8. The van der Waals surface area contributed by atoms with E-state index in [1.54, 1.807) is 58.2 Å². The highest BCUT2D eigenvalue weighted by Crippen LogP contribution is 2.67. The minimum Gasteiger partial charge on any atom is -0.493 e. The van der Waals surface area contributed by atoms with Crippen LogP contribution in [0.4, 0.5) is 26.3 Å². The van der Waals surface area contributed by atoms with Gasteiger partial charge in [-0.3, -0.25) is 28.3 Å². The standard InChI is InChI=1S/C63H50F6N8O8S4/c1-27(2)76-55-37(23-70-76)49(33-13-17-41(82-7)43(19-33)84-9)53-57(72-55)74(59(80)88-53)25-39(78)31-11-15-35-45(21-31)86-29(5)47(35)51-52(62(66,67)63(68,69)61(51,64)65)48-30(6)87-46-22-32(12-16-36(46)48)40(79)26-75-58-54(89-60(75)81)50(34-14-18-42(83-8)44(20-34)85-10)38-24-71-77(28(3)4)56(38)73-58/h11-24,27-28H,25-26H2,1-10H3. The third-order valence-corrected chi connectivity index (χ3v) is 20.3. The van der Waals surface area contributed by atoms with Crippen LogP contribution in [0, 0.1) is 13.8 Å². The van der Waals surface area contributed by atoms with Crippen molar-refractivity contribution < 1.29 is 54.9 Å². The van der Waals surface area contributed by atoms with Crippen molar-refractivity contribution >= 4 is 131 Å². The van der Waals surface area contributed by atoms with E-state index in [0.717, 1.165) is 45.3 Å². The first-order chi connectivity index (χ1) is 42.3. The van der Waals surface area contributed by atoms with Crippen LogP contribution >= 0.6 is 45.3 Å². The van der Waals surface area contributed by atoms with Gasteiger partial charge in [-0.2, -0.15) is 36.5 Å². The molecule has 0 fully saturated rings. The molecule has 0 N–H and O–H groups in total. The van der Waals surface area contributed by atoms with Crippen molar-refractivity contribution in [1.29, 1.82) is 0 Å². The summed E-state index contributed by atoms with van der Waals surface area (Å²) in [5.74, 6) is -16.2. The molecule has 0 bridgehead atoms. The zero-order valence-corrected chi connectivity index (χ0v) is 52.2. The summed E-state index contributed by atoms with van der Waals surface area (Å²) >= 11 is 3.44. The van der Waals surface area contributed by atoms with Crippen LogP contribution in [-0.4, -0.2) is 96.4 Å². The highest BCUT2D eigenvalue weighted by molar-refractivity contribution is 7.20. The average Bonchev–Trinajstić information content (AvgIpc) is 1.52. The van der Waals surface area contributed by atoms with Gasteiger partial charge in [0.15, 0.2) is 57.2 Å². The van der Waals surface area contributed by atoms with Crippen LogP contribution in [0.1, 0.15) is 81.4 Å². The van der Waals surface area contributed by atoms with Gasteiger partial charge in [-0.25, -0.2) is 19.3 Å². The van der Waals surface area contributed by atoms with Crippen LogP contribution in [-0.2, 0) is 13.1 Å². The average molecular weight is 1290 g/mol. The van der Waals surface area contributed by atoms with Crippen LogP contribution in [0.15, 0.2) is 94.8 Å². The van der Waals surface area contributed by atoms with Gasteiger partial charge in [-0.05, 0) is 89.1 Å². The molecular weight excluding hydrogens is 1240 g/mol. The molecule has 1 aliphatic carbocycles. The number of hydrogen-bond acceptors (Lipinski definition) is 16. The van der Waals surface area contributed by atoms with Gasteiger partial charge in [0.25, 0.3) is 0 Å². The summed E-state index contributed by atoms with van der Waals surface area (Å²) < 4.78 is 129. The zero-order chi connectivity index (χ0) is 63.2. The molecule has 89 heavy (non-hydrogen) atoms. The van der Waals surface area contributed by atoms with Crippen molar-refractivity contribution in [2.75, 3.05) is 28.4 Å². The molecule has 8 aromatic heterocycles. The van der Waals surface area contributed by atoms with Crippen molar-refractivity contribution in [2.24, 2.45) is 0 Å². The number of pyridine rings is 2. The van der Waals surface area contributed by atoms with Crippen LogP contribution in [0.3, 0.4) is 0 Å². The third-order valence-electron chi connectivity index (χ3n) is 16.2. The Morgan fingerprint density at radius 1 is 0.494 bits per heavy atom. The first kappa shape index (κ1) is 59.3. The van der Waals surface area contributed by atoms with E-state index in [9.17, 15) is 19.2 Å². The lowest BCUT2D eigenvalue weighted by atomic mass is 9.91. The molecule has 0 atom stereocenters. The quantitative estimate of drug-likeness (QED) is 0.0662. The predicted molar refractivity (Wildman–Crippen MR) is 336 cm³/mol. The number of allylic oxidation sites excluding steroid dienone is 2. The zero-order valence-electron chi connectivity index (χ0n) is 48.9. The molecule has 4 aromatic carbocycles. The van der Waals surface area contributed by atoms with Crippen molar-refractivity contribution in [1.82, 2.24) is 38.7 Å². The Bertz CT molecular complexity index is 4860. The largest absolute Gasteiger partial charge is 0.493 e. The summed E-state index contributed by atoms with van der Waals surface area (Å²) in [6.07, 6.45) is 3.31. The lowest BCUT2D eigenvalue weighted by Gasteiger charge is -2.26. The first-order valence-corrected chi connectivity index (χ1v) is 30.9. The van der Waals surface area contributed by atoms with Crippen molar-refractivity contribution in [3.63, 3.8) is 0 Å². The van der Waals surface area contributed by atoms with Crippen molar-refractivity contribution in [3.8, 4) is 45.3 Å². The summed E-state index contributed by atoms with van der Waals surface area (Å²) in [5, 5.41) is 10.3. The minimum absolute atomic E-state index is 0.0102. The Morgan fingerprint density at radius 3 is 1.24 bits per heavy atom. The lowest BCUT2D eigenvalue weighted by Crippen LogP contribution is -2.48. The Kier molecular flexibility index (Phi) is 14.1. The fourth-order valence-electron chi connectivity index (χ4n) is 11.9. The Hall–Kier alpha value is -8.72. The highest BCUT2D eigenvalue weighted by Gasteiger charge is 2.80.